The number of hydrogen-bond donors (Lipinski definition) is 1. The third kappa shape index (κ3) is 6.74. The lowest BCUT2D eigenvalue weighted by atomic mass is 9.80. The van der Waals surface area contributed by atoms with Gasteiger partial charge in [0.05, 0.1) is 0 Å². The van der Waals surface area contributed by atoms with E-state index < -0.39 is 5.54 Å². The lowest BCUT2D eigenvalue weighted by molar-refractivity contribution is -0.136. The van der Waals surface area contributed by atoms with Crippen LogP contribution < -0.4 is 5.32 Å². The van der Waals surface area contributed by atoms with Gasteiger partial charge in [0.1, 0.15) is 12.1 Å². The highest BCUT2D eigenvalue weighted by Crippen LogP contribution is 2.41. The van der Waals surface area contributed by atoms with Crippen LogP contribution in [0, 0.1) is 0 Å². The average molecular weight is 512 g/mol. The van der Waals surface area contributed by atoms with Gasteiger partial charge in [-0.15, -0.1) is 0 Å². The number of imide groups is 1. The second kappa shape index (κ2) is 13.4. The minimum atomic E-state index is -0.753. The van der Waals surface area contributed by atoms with E-state index in [4.69, 9.17) is 0 Å². The molecule has 1 saturated heterocycles. The first-order valence-electron chi connectivity index (χ1n) is 14.8. The van der Waals surface area contributed by atoms with Gasteiger partial charge in [0.15, 0.2) is 0 Å². The number of urea groups is 1. The van der Waals surface area contributed by atoms with Gasteiger partial charge in [-0.3, -0.25) is 14.5 Å². The van der Waals surface area contributed by atoms with Crippen molar-refractivity contribution >= 4 is 23.5 Å². The summed E-state index contributed by atoms with van der Waals surface area (Å²) in [5, 5.41) is 3.09. The SMILES string of the molecule is CCCCCCCCCN1C(=O)N(CC(=O)Nc2c(C(C)C)cccc2C(C)C)C(=O)C12CCCCC2. The number of hydrogen-bond acceptors (Lipinski definition) is 3. The fraction of sp³-hybridized carbons (Fsp3) is 0.710. The summed E-state index contributed by atoms with van der Waals surface area (Å²) in [4.78, 5) is 43.7. The molecule has 6 heteroatoms. The van der Waals surface area contributed by atoms with Crippen molar-refractivity contribution in [2.75, 3.05) is 18.4 Å². The van der Waals surface area contributed by atoms with Crippen molar-refractivity contribution in [2.45, 2.75) is 129 Å². The summed E-state index contributed by atoms with van der Waals surface area (Å²) in [5.74, 6) is 0.0102. The standard InChI is InChI=1S/C31H49N3O3/c1-6-7-8-9-10-11-15-21-34-30(37)33(29(36)31(34)19-13-12-14-20-31)22-27(35)32-28-25(23(2)3)17-16-18-26(28)24(4)5/h16-18,23-24H,6-15,19-22H2,1-5H3,(H,32,35). The quantitative estimate of drug-likeness (QED) is 0.219. The van der Waals surface area contributed by atoms with Crippen LogP contribution in [0.25, 0.3) is 0 Å². The van der Waals surface area contributed by atoms with Crippen LogP contribution in [0.2, 0.25) is 0 Å². The van der Waals surface area contributed by atoms with Gasteiger partial charge < -0.3 is 10.2 Å². The third-order valence-corrected chi connectivity index (χ3v) is 8.23. The van der Waals surface area contributed by atoms with Crippen molar-refractivity contribution in [3.05, 3.63) is 29.3 Å². The van der Waals surface area contributed by atoms with Crippen molar-refractivity contribution in [3.8, 4) is 0 Å². The van der Waals surface area contributed by atoms with Gasteiger partial charge in [0.2, 0.25) is 5.91 Å². The Morgan fingerprint density at radius 3 is 2.03 bits per heavy atom. The molecule has 37 heavy (non-hydrogen) atoms. The predicted molar refractivity (Wildman–Crippen MR) is 151 cm³/mol. The first kappa shape index (κ1) is 29.2. The van der Waals surface area contributed by atoms with E-state index in [1.165, 1.54) is 37.0 Å². The van der Waals surface area contributed by atoms with Crippen molar-refractivity contribution in [1.29, 1.82) is 0 Å². The van der Waals surface area contributed by atoms with Gasteiger partial charge in [-0.2, -0.15) is 0 Å². The van der Waals surface area contributed by atoms with Crippen LogP contribution in [0.15, 0.2) is 18.2 Å². The van der Waals surface area contributed by atoms with Gasteiger partial charge >= 0.3 is 6.03 Å². The maximum absolute atomic E-state index is 13.7. The molecule has 2 aliphatic rings. The minimum absolute atomic E-state index is 0.170. The van der Waals surface area contributed by atoms with Gasteiger partial charge in [-0.25, -0.2) is 4.79 Å². The molecule has 4 amide bonds. The zero-order chi connectivity index (χ0) is 27.0. The van der Waals surface area contributed by atoms with Gasteiger partial charge in [0.25, 0.3) is 5.91 Å². The van der Waals surface area contributed by atoms with Crippen LogP contribution >= 0.6 is 0 Å². The molecule has 1 aromatic rings. The highest BCUT2D eigenvalue weighted by Gasteiger charge is 2.57. The monoisotopic (exact) mass is 511 g/mol. The Bertz CT molecular complexity index is 907. The Labute approximate surface area is 224 Å². The number of carbonyl (C=O) groups excluding carboxylic acids is 3. The summed E-state index contributed by atoms with van der Waals surface area (Å²) in [7, 11) is 0. The number of nitrogens with zero attached hydrogens (tertiary/aromatic N) is 2. The number of rotatable bonds is 13. The summed E-state index contributed by atoms with van der Waals surface area (Å²) in [6.45, 7) is 11.0. The Morgan fingerprint density at radius 1 is 0.892 bits per heavy atom. The highest BCUT2D eigenvalue weighted by molar-refractivity contribution is 6.10. The predicted octanol–water partition coefficient (Wildman–Crippen LogP) is 7.59. The van der Waals surface area contributed by atoms with Crippen molar-refractivity contribution in [3.63, 3.8) is 0 Å². The largest absolute Gasteiger partial charge is 0.328 e. The molecule has 0 atom stereocenters. The number of anilines is 1. The number of unbranched alkanes of at least 4 members (excludes halogenated alkanes) is 6. The normalized spacial score (nSPS) is 17.5. The highest BCUT2D eigenvalue weighted by atomic mass is 16.2. The van der Waals surface area contributed by atoms with E-state index in [0.717, 1.165) is 48.9 Å². The Kier molecular flexibility index (Phi) is 10.6. The van der Waals surface area contributed by atoms with E-state index in [1.54, 1.807) is 0 Å². The summed E-state index contributed by atoms with van der Waals surface area (Å²) < 4.78 is 0. The van der Waals surface area contributed by atoms with E-state index in [9.17, 15) is 14.4 Å². The molecular formula is C31H49N3O3. The summed E-state index contributed by atoms with van der Waals surface area (Å²) in [6, 6.07) is 5.83. The zero-order valence-corrected chi connectivity index (χ0v) is 23.9. The molecule has 6 nitrogen and oxygen atoms in total. The lowest BCUT2D eigenvalue weighted by Gasteiger charge is -2.38. The summed E-state index contributed by atoms with van der Waals surface area (Å²) in [6.07, 6.45) is 12.6. The molecule has 1 N–H and O–H groups in total. The van der Waals surface area contributed by atoms with Gasteiger partial charge in [0, 0.05) is 12.2 Å². The minimum Gasteiger partial charge on any atom is -0.324 e. The van der Waals surface area contributed by atoms with E-state index in [-0.39, 0.29) is 36.2 Å². The average Bonchev–Trinajstić information content (AvgIpc) is 3.04. The molecule has 2 fully saturated rings. The van der Waals surface area contributed by atoms with Crippen molar-refractivity contribution < 1.29 is 14.4 Å². The zero-order valence-electron chi connectivity index (χ0n) is 23.9. The molecule has 0 radical (unpaired) electrons. The smallest absolute Gasteiger partial charge is 0.324 e. The van der Waals surface area contributed by atoms with Gasteiger partial charge in [-0.05, 0) is 42.2 Å². The van der Waals surface area contributed by atoms with E-state index in [0.29, 0.717) is 19.4 Å². The lowest BCUT2D eigenvalue weighted by Crippen LogP contribution is -2.51. The molecule has 1 aliphatic heterocycles. The molecule has 206 valence electrons. The summed E-state index contributed by atoms with van der Waals surface area (Å²) >= 11 is 0. The second-order valence-electron chi connectivity index (χ2n) is 11.7. The molecule has 0 unspecified atom stereocenters. The molecule has 0 aromatic heterocycles. The molecular weight excluding hydrogens is 462 g/mol. The number of nitrogens with one attached hydrogen (secondary N) is 1. The second-order valence-corrected chi connectivity index (χ2v) is 11.7. The molecule has 1 saturated carbocycles. The Balaban J connectivity index is 1.72. The van der Waals surface area contributed by atoms with Crippen LogP contribution in [0.3, 0.4) is 0 Å². The number of benzene rings is 1. The first-order chi connectivity index (χ1) is 17.7. The van der Waals surface area contributed by atoms with Crippen LogP contribution in [0.5, 0.6) is 0 Å². The maximum Gasteiger partial charge on any atom is 0.328 e. The number of para-hydroxylation sites is 1. The maximum atomic E-state index is 13.7. The molecule has 1 spiro atoms. The topological polar surface area (TPSA) is 69.7 Å². The van der Waals surface area contributed by atoms with Crippen LogP contribution in [-0.4, -0.2) is 46.3 Å². The first-order valence-corrected chi connectivity index (χ1v) is 14.8. The Morgan fingerprint density at radius 2 is 1.46 bits per heavy atom. The van der Waals surface area contributed by atoms with E-state index in [2.05, 4.69) is 39.9 Å². The summed E-state index contributed by atoms with van der Waals surface area (Å²) in [5.41, 5.74) is 2.21. The Hall–Kier alpha value is -2.37. The van der Waals surface area contributed by atoms with E-state index >= 15 is 0 Å². The number of amides is 4. The van der Waals surface area contributed by atoms with Gasteiger partial charge in [-0.1, -0.05) is 111 Å². The molecule has 1 heterocycles. The third-order valence-electron chi connectivity index (χ3n) is 8.23. The number of carbonyl (C=O) groups is 3. The molecule has 0 bridgehead atoms. The van der Waals surface area contributed by atoms with Crippen LogP contribution in [-0.2, 0) is 9.59 Å². The van der Waals surface area contributed by atoms with Crippen molar-refractivity contribution in [1.82, 2.24) is 9.80 Å². The molecule has 1 aliphatic carbocycles. The molecule has 1 aromatic carbocycles. The van der Waals surface area contributed by atoms with Crippen LogP contribution in [0.1, 0.15) is 135 Å². The fourth-order valence-electron chi connectivity index (χ4n) is 6.10. The van der Waals surface area contributed by atoms with E-state index in [1.807, 2.05) is 23.1 Å². The van der Waals surface area contributed by atoms with Crippen LogP contribution in [0.4, 0.5) is 10.5 Å². The molecule has 3 rings (SSSR count). The fourth-order valence-corrected chi connectivity index (χ4v) is 6.10. The van der Waals surface area contributed by atoms with Crippen molar-refractivity contribution in [2.24, 2.45) is 0 Å².